The molecule has 0 heterocycles. The molecule has 0 aliphatic rings. The molecule has 1 aromatic carbocycles. The highest BCUT2D eigenvalue weighted by molar-refractivity contribution is 5.83. The molecular weight excluding hydrogens is 226 g/mol. The molecule has 1 rings (SSSR count). The first-order valence-corrected chi connectivity index (χ1v) is 6.58. The van der Waals surface area contributed by atoms with Gasteiger partial charge >= 0.3 is 5.97 Å². The van der Waals surface area contributed by atoms with E-state index < -0.39 is 11.5 Å². The average molecular weight is 249 g/mol. The lowest BCUT2D eigenvalue weighted by Crippen LogP contribution is -2.52. The number of hydrogen-bond acceptors (Lipinski definition) is 2. The molecule has 0 aliphatic heterocycles. The number of aliphatic carboxylic acids is 1. The minimum atomic E-state index is -0.812. The summed E-state index contributed by atoms with van der Waals surface area (Å²) < 4.78 is 0. The number of hydrogen-bond donors (Lipinski definition) is 1. The SMILES string of the molecule is CCc1ccc(N(C)C(CC)(CC)C(=O)O)cc1. The number of carbonyl (C=O) groups is 1. The molecule has 0 atom stereocenters. The maximum atomic E-state index is 11.6. The molecule has 0 aromatic heterocycles. The second kappa shape index (κ2) is 5.89. The van der Waals surface area contributed by atoms with Crippen LogP contribution in [0.4, 0.5) is 5.69 Å². The summed E-state index contributed by atoms with van der Waals surface area (Å²) in [5.74, 6) is -0.755. The Balaban J connectivity index is 3.09. The third-order valence-corrected chi connectivity index (χ3v) is 3.94. The van der Waals surface area contributed by atoms with Gasteiger partial charge in [-0.1, -0.05) is 32.9 Å². The quantitative estimate of drug-likeness (QED) is 0.840. The number of anilines is 1. The van der Waals surface area contributed by atoms with Crippen LogP contribution in [-0.4, -0.2) is 23.7 Å². The lowest BCUT2D eigenvalue weighted by Gasteiger charge is -2.38. The van der Waals surface area contributed by atoms with Crippen LogP contribution < -0.4 is 4.90 Å². The molecular formula is C15H23NO2. The van der Waals surface area contributed by atoms with Gasteiger partial charge in [0.25, 0.3) is 0 Å². The molecule has 3 heteroatoms. The largest absolute Gasteiger partial charge is 0.479 e. The monoisotopic (exact) mass is 249 g/mol. The molecule has 18 heavy (non-hydrogen) atoms. The topological polar surface area (TPSA) is 40.5 Å². The van der Waals surface area contributed by atoms with Gasteiger partial charge in [0.05, 0.1) is 0 Å². The summed E-state index contributed by atoms with van der Waals surface area (Å²) in [6.07, 6.45) is 2.17. The van der Waals surface area contributed by atoms with Crippen LogP contribution in [0.15, 0.2) is 24.3 Å². The Bertz CT molecular complexity index is 393. The zero-order valence-electron chi connectivity index (χ0n) is 11.7. The third kappa shape index (κ3) is 2.50. The molecule has 0 saturated carbocycles. The van der Waals surface area contributed by atoms with Gasteiger partial charge in [-0.25, -0.2) is 4.79 Å². The van der Waals surface area contributed by atoms with Crippen LogP contribution >= 0.6 is 0 Å². The molecule has 100 valence electrons. The summed E-state index contributed by atoms with van der Waals surface area (Å²) >= 11 is 0. The van der Waals surface area contributed by atoms with Crippen LogP contribution in [0, 0.1) is 0 Å². The minimum Gasteiger partial charge on any atom is -0.479 e. The van der Waals surface area contributed by atoms with Gasteiger partial charge in [-0.15, -0.1) is 0 Å². The molecule has 3 nitrogen and oxygen atoms in total. The number of aryl methyl sites for hydroxylation is 1. The first kappa shape index (κ1) is 14.6. The highest BCUT2D eigenvalue weighted by atomic mass is 16.4. The van der Waals surface area contributed by atoms with Gasteiger partial charge in [0.2, 0.25) is 0 Å². The van der Waals surface area contributed by atoms with Gasteiger partial charge < -0.3 is 10.0 Å². The highest BCUT2D eigenvalue weighted by Crippen LogP contribution is 2.29. The molecule has 0 aliphatic carbocycles. The van der Waals surface area contributed by atoms with Gasteiger partial charge in [0.1, 0.15) is 5.54 Å². The second-order valence-electron chi connectivity index (χ2n) is 4.62. The van der Waals surface area contributed by atoms with Crippen LogP contribution in [0.3, 0.4) is 0 Å². The van der Waals surface area contributed by atoms with Gasteiger partial charge in [-0.2, -0.15) is 0 Å². The van der Waals surface area contributed by atoms with E-state index in [0.29, 0.717) is 12.8 Å². The van der Waals surface area contributed by atoms with E-state index in [4.69, 9.17) is 0 Å². The van der Waals surface area contributed by atoms with Crippen molar-refractivity contribution < 1.29 is 9.90 Å². The van der Waals surface area contributed by atoms with E-state index in [2.05, 4.69) is 19.1 Å². The molecule has 0 saturated heterocycles. The molecule has 0 spiro atoms. The van der Waals surface area contributed by atoms with Crippen LogP contribution in [0.2, 0.25) is 0 Å². The van der Waals surface area contributed by atoms with E-state index in [1.165, 1.54) is 5.56 Å². The van der Waals surface area contributed by atoms with Crippen LogP contribution in [0.1, 0.15) is 39.2 Å². The van der Waals surface area contributed by atoms with Crippen molar-refractivity contribution in [2.24, 2.45) is 0 Å². The fourth-order valence-corrected chi connectivity index (χ4v) is 2.37. The first-order valence-electron chi connectivity index (χ1n) is 6.58. The Morgan fingerprint density at radius 3 is 2.00 bits per heavy atom. The Morgan fingerprint density at radius 1 is 1.17 bits per heavy atom. The molecule has 0 amide bonds. The Morgan fingerprint density at radius 2 is 1.67 bits per heavy atom. The fourth-order valence-electron chi connectivity index (χ4n) is 2.37. The van der Waals surface area contributed by atoms with Crippen LogP contribution in [0.25, 0.3) is 0 Å². The summed E-state index contributed by atoms with van der Waals surface area (Å²) in [6.45, 7) is 5.96. The van der Waals surface area contributed by atoms with Gasteiger partial charge in [0.15, 0.2) is 0 Å². The standard InChI is InChI=1S/C15H23NO2/c1-5-12-8-10-13(11-9-12)16(4)15(6-2,7-3)14(17)18/h8-11H,5-7H2,1-4H3,(H,17,18). The fraction of sp³-hybridized carbons (Fsp3) is 0.533. The van der Waals surface area contributed by atoms with Gasteiger partial charge in [-0.05, 0) is 37.0 Å². The van der Waals surface area contributed by atoms with E-state index in [0.717, 1.165) is 12.1 Å². The highest BCUT2D eigenvalue weighted by Gasteiger charge is 2.39. The molecule has 0 fully saturated rings. The van der Waals surface area contributed by atoms with Crippen molar-refractivity contribution >= 4 is 11.7 Å². The summed E-state index contributed by atoms with van der Waals surface area (Å²) in [7, 11) is 1.86. The first-order chi connectivity index (χ1) is 8.51. The number of nitrogens with zero attached hydrogens (tertiary/aromatic N) is 1. The van der Waals surface area contributed by atoms with Crippen molar-refractivity contribution in [3.63, 3.8) is 0 Å². The summed E-state index contributed by atoms with van der Waals surface area (Å²) in [5.41, 5.74) is 1.41. The molecule has 0 bridgehead atoms. The van der Waals surface area contributed by atoms with Crippen LogP contribution in [0.5, 0.6) is 0 Å². The predicted molar refractivity (Wildman–Crippen MR) is 75.2 cm³/mol. The average Bonchev–Trinajstić information content (AvgIpc) is 2.40. The van der Waals surface area contributed by atoms with Crippen molar-refractivity contribution in [3.8, 4) is 0 Å². The van der Waals surface area contributed by atoms with E-state index in [9.17, 15) is 9.90 Å². The van der Waals surface area contributed by atoms with Gasteiger partial charge in [-0.3, -0.25) is 0 Å². The molecule has 0 radical (unpaired) electrons. The Kier molecular flexibility index (Phi) is 4.76. The summed E-state index contributed by atoms with van der Waals surface area (Å²) in [5, 5.41) is 9.51. The Hall–Kier alpha value is -1.51. The summed E-state index contributed by atoms with van der Waals surface area (Å²) in [6, 6.07) is 8.12. The van der Waals surface area contributed by atoms with Crippen molar-refractivity contribution in [1.82, 2.24) is 0 Å². The summed E-state index contributed by atoms with van der Waals surface area (Å²) in [4.78, 5) is 13.5. The zero-order valence-corrected chi connectivity index (χ0v) is 11.7. The third-order valence-electron chi connectivity index (χ3n) is 3.94. The van der Waals surface area contributed by atoms with E-state index in [-0.39, 0.29) is 0 Å². The smallest absolute Gasteiger partial charge is 0.329 e. The van der Waals surface area contributed by atoms with Gasteiger partial charge in [0, 0.05) is 12.7 Å². The maximum absolute atomic E-state index is 11.6. The lowest BCUT2D eigenvalue weighted by atomic mass is 9.90. The van der Waals surface area contributed by atoms with Crippen molar-refractivity contribution in [2.75, 3.05) is 11.9 Å². The van der Waals surface area contributed by atoms with Crippen molar-refractivity contribution in [1.29, 1.82) is 0 Å². The Labute approximate surface area is 109 Å². The number of rotatable bonds is 6. The number of likely N-dealkylation sites (N-methyl/N-ethyl adjacent to an activating group) is 1. The van der Waals surface area contributed by atoms with Crippen molar-refractivity contribution in [3.05, 3.63) is 29.8 Å². The zero-order chi connectivity index (χ0) is 13.8. The predicted octanol–water partition coefficient (Wildman–Crippen LogP) is 3.33. The second-order valence-corrected chi connectivity index (χ2v) is 4.62. The van der Waals surface area contributed by atoms with Crippen molar-refractivity contribution in [2.45, 2.75) is 45.6 Å². The minimum absolute atomic E-state index is 0.588. The molecule has 1 aromatic rings. The lowest BCUT2D eigenvalue weighted by molar-refractivity contribution is -0.143. The normalized spacial score (nSPS) is 11.3. The van der Waals surface area contributed by atoms with E-state index in [1.807, 2.05) is 37.9 Å². The molecule has 0 unspecified atom stereocenters. The molecule has 1 N–H and O–H groups in total. The number of carboxylic acids is 1. The number of benzene rings is 1. The van der Waals surface area contributed by atoms with E-state index >= 15 is 0 Å². The maximum Gasteiger partial charge on any atom is 0.329 e. The van der Waals surface area contributed by atoms with Crippen LogP contribution in [-0.2, 0) is 11.2 Å². The number of carboxylic acid groups (broad SMARTS) is 1. The van der Waals surface area contributed by atoms with E-state index in [1.54, 1.807) is 0 Å².